The lowest BCUT2D eigenvalue weighted by Gasteiger charge is -2.36. The first kappa shape index (κ1) is 17.0. The fourth-order valence-corrected chi connectivity index (χ4v) is 2.80. The molecule has 1 aromatic rings. The van der Waals surface area contributed by atoms with E-state index in [1.54, 1.807) is 24.3 Å². The molecular weight excluding hydrogens is 316 g/mol. The van der Waals surface area contributed by atoms with E-state index < -0.39 is 23.5 Å². The minimum Gasteiger partial charge on any atom is -0.490 e. The first-order valence-corrected chi connectivity index (χ1v) is 8.26. The Morgan fingerprint density at radius 3 is 2.29 bits per heavy atom. The van der Waals surface area contributed by atoms with Gasteiger partial charge in [0, 0.05) is 25.3 Å². The molecule has 132 valence electrons. The quantitative estimate of drug-likeness (QED) is 0.892. The Hall–Kier alpha value is -1.85. The highest BCUT2D eigenvalue weighted by Crippen LogP contribution is 2.55. The lowest BCUT2D eigenvalue weighted by Crippen LogP contribution is -2.50. The van der Waals surface area contributed by atoms with Gasteiger partial charge in [0.25, 0.3) is 5.92 Å². The average Bonchev–Trinajstić information content (AvgIpc) is 3.04. The van der Waals surface area contributed by atoms with Crippen molar-refractivity contribution in [2.24, 2.45) is 0 Å². The van der Waals surface area contributed by atoms with Gasteiger partial charge in [0.1, 0.15) is 17.5 Å². The van der Waals surface area contributed by atoms with Crippen LogP contribution in [-0.2, 0) is 4.74 Å². The summed E-state index contributed by atoms with van der Waals surface area (Å²) in [6, 6.07) is 6.93. The van der Waals surface area contributed by atoms with E-state index in [-0.39, 0.29) is 18.6 Å². The number of ether oxygens (including phenoxy) is 2. The third kappa shape index (κ3) is 4.16. The summed E-state index contributed by atoms with van der Waals surface area (Å²) in [4.78, 5) is 11.7. The number of alkyl halides is 2. The highest BCUT2D eigenvalue weighted by molar-refractivity contribution is 5.68. The van der Waals surface area contributed by atoms with Gasteiger partial charge < -0.3 is 14.8 Å². The molecule has 4 nitrogen and oxygen atoms in total. The highest BCUT2D eigenvalue weighted by Gasteiger charge is 2.57. The van der Waals surface area contributed by atoms with Crippen LogP contribution < -0.4 is 10.1 Å². The summed E-state index contributed by atoms with van der Waals surface area (Å²) >= 11 is 0. The van der Waals surface area contributed by atoms with Crippen LogP contribution in [0.1, 0.15) is 51.5 Å². The van der Waals surface area contributed by atoms with E-state index in [1.165, 1.54) is 0 Å². The molecule has 24 heavy (non-hydrogen) atoms. The molecule has 1 aromatic carbocycles. The van der Waals surface area contributed by atoms with Crippen molar-refractivity contribution in [3.8, 4) is 5.75 Å². The summed E-state index contributed by atoms with van der Waals surface area (Å²) in [5, 5.41) is 2.81. The predicted octanol–water partition coefficient (Wildman–Crippen LogP) is 4.24. The van der Waals surface area contributed by atoms with Gasteiger partial charge in [-0.2, -0.15) is 0 Å². The zero-order chi connectivity index (χ0) is 17.5. The van der Waals surface area contributed by atoms with Crippen molar-refractivity contribution >= 4 is 6.09 Å². The molecule has 0 aromatic heterocycles. The lowest BCUT2D eigenvalue weighted by molar-refractivity contribution is 0.0362. The normalized spacial score (nSPS) is 27.8. The molecule has 2 aliphatic carbocycles. The summed E-state index contributed by atoms with van der Waals surface area (Å²) in [7, 11) is 0. The predicted molar refractivity (Wildman–Crippen MR) is 85.6 cm³/mol. The van der Waals surface area contributed by atoms with Crippen molar-refractivity contribution < 1.29 is 23.0 Å². The molecule has 1 atom stereocenters. The van der Waals surface area contributed by atoms with Gasteiger partial charge in [-0.3, -0.25) is 0 Å². The van der Waals surface area contributed by atoms with Gasteiger partial charge in [0.15, 0.2) is 0 Å². The summed E-state index contributed by atoms with van der Waals surface area (Å²) in [6.45, 7) is 5.46. The number of carbonyl (C=O) groups excluding carboxylic acids is 1. The number of carbonyl (C=O) groups is 1. The number of benzene rings is 1. The first-order valence-electron chi connectivity index (χ1n) is 8.26. The van der Waals surface area contributed by atoms with Crippen molar-refractivity contribution in [1.29, 1.82) is 0 Å². The minimum atomic E-state index is -2.54. The second kappa shape index (κ2) is 5.90. The molecule has 0 bridgehead atoms. The summed E-state index contributed by atoms with van der Waals surface area (Å²) in [6.07, 6.45) is 0.968. The Morgan fingerprint density at radius 2 is 1.79 bits per heavy atom. The molecule has 2 aliphatic rings. The fourth-order valence-electron chi connectivity index (χ4n) is 2.80. The van der Waals surface area contributed by atoms with E-state index in [2.05, 4.69) is 5.32 Å². The molecule has 0 aliphatic heterocycles. The number of rotatable bonds is 4. The van der Waals surface area contributed by atoms with E-state index in [4.69, 9.17) is 9.47 Å². The van der Waals surface area contributed by atoms with Crippen LogP contribution in [0.2, 0.25) is 0 Å². The number of alkyl carbamates (subject to hydrolysis) is 1. The number of hydrogen-bond acceptors (Lipinski definition) is 3. The van der Waals surface area contributed by atoms with Crippen molar-refractivity contribution in [3.63, 3.8) is 0 Å². The Labute approximate surface area is 140 Å². The van der Waals surface area contributed by atoms with Crippen LogP contribution in [0.25, 0.3) is 0 Å². The molecule has 0 saturated heterocycles. The smallest absolute Gasteiger partial charge is 0.407 e. The van der Waals surface area contributed by atoms with E-state index >= 15 is 0 Å². The molecule has 6 heteroatoms. The average molecular weight is 339 g/mol. The van der Waals surface area contributed by atoms with Crippen LogP contribution in [0, 0.1) is 0 Å². The summed E-state index contributed by atoms with van der Waals surface area (Å²) < 4.78 is 37.1. The first-order chi connectivity index (χ1) is 11.1. The van der Waals surface area contributed by atoms with Gasteiger partial charge in [-0.15, -0.1) is 0 Å². The van der Waals surface area contributed by atoms with Crippen LogP contribution in [0.15, 0.2) is 24.3 Å². The standard InChI is InChI=1S/C18H23F2NO3/c1-17(2,3)24-16(22)21-12-8-14(9-12)23-13-6-4-11(5-7-13)15-10-18(15,19)20/h4-7,12,14-15H,8-10H2,1-3H3,(H,21,22). The number of nitrogens with one attached hydrogen (secondary N) is 1. The third-order valence-corrected chi connectivity index (χ3v) is 4.23. The van der Waals surface area contributed by atoms with E-state index in [0.717, 1.165) is 0 Å². The Kier molecular flexibility index (Phi) is 4.18. The molecule has 0 radical (unpaired) electrons. The van der Waals surface area contributed by atoms with Gasteiger partial charge in [-0.05, 0) is 38.5 Å². The monoisotopic (exact) mass is 339 g/mol. The van der Waals surface area contributed by atoms with Gasteiger partial charge >= 0.3 is 6.09 Å². The third-order valence-electron chi connectivity index (χ3n) is 4.23. The van der Waals surface area contributed by atoms with Crippen molar-refractivity contribution in [2.45, 2.75) is 69.6 Å². The zero-order valence-corrected chi connectivity index (χ0v) is 14.1. The SMILES string of the molecule is CC(C)(C)OC(=O)NC1CC(Oc2ccc(C3CC3(F)F)cc2)C1. The van der Waals surface area contributed by atoms with Crippen molar-refractivity contribution in [3.05, 3.63) is 29.8 Å². The Morgan fingerprint density at radius 1 is 1.21 bits per heavy atom. The second-order valence-corrected chi connectivity index (χ2v) is 7.64. The Bertz CT molecular complexity index is 604. The van der Waals surface area contributed by atoms with Crippen molar-refractivity contribution in [2.75, 3.05) is 0 Å². The van der Waals surface area contributed by atoms with Gasteiger partial charge in [0.2, 0.25) is 0 Å². The van der Waals surface area contributed by atoms with Crippen LogP contribution in [0.4, 0.5) is 13.6 Å². The molecular formula is C18H23F2NO3. The van der Waals surface area contributed by atoms with Gasteiger partial charge in [-0.1, -0.05) is 12.1 Å². The fraction of sp³-hybridized carbons (Fsp3) is 0.611. The van der Waals surface area contributed by atoms with E-state index in [1.807, 2.05) is 20.8 Å². The summed E-state index contributed by atoms with van der Waals surface area (Å²) in [5.74, 6) is -2.52. The molecule has 3 rings (SSSR count). The van der Waals surface area contributed by atoms with E-state index in [9.17, 15) is 13.6 Å². The molecule has 2 fully saturated rings. The van der Waals surface area contributed by atoms with Gasteiger partial charge in [-0.25, -0.2) is 13.6 Å². The summed E-state index contributed by atoms with van der Waals surface area (Å²) in [5.41, 5.74) is 0.148. The molecule has 1 N–H and O–H groups in total. The van der Waals surface area contributed by atoms with E-state index in [0.29, 0.717) is 24.2 Å². The Balaban J connectivity index is 1.40. The maximum absolute atomic E-state index is 13.0. The zero-order valence-electron chi connectivity index (χ0n) is 14.1. The maximum atomic E-state index is 13.0. The van der Waals surface area contributed by atoms with Gasteiger partial charge in [0.05, 0.1) is 5.92 Å². The van der Waals surface area contributed by atoms with Crippen LogP contribution in [0.3, 0.4) is 0 Å². The molecule has 1 amide bonds. The number of hydrogen-bond donors (Lipinski definition) is 1. The largest absolute Gasteiger partial charge is 0.490 e. The van der Waals surface area contributed by atoms with Crippen molar-refractivity contribution in [1.82, 2.24) is 5.32 Å². The van der Waals surface area contributed by atoms with Crippen LogP contribution >= 0.6 is 0 Å². The van der Waals surface area contributed by atoms with Crippen LogP contribution in [-0.4, -0.2) is 29.8 Å². The second-order valence-electron chi connectivity index (χ2n) is 7.64. The molecule has 0 heterocycles. The number of amides is 1. The topological polar surface area (TPSA) is 47.6 Å². The minimum absolute atomic E-state index is 0.0261. The highest BCUT2D eigenvalue weighted by atomic mass is 19.3. The maximum Gasteiger partial charge on any atom is 0.407 e. The molecule has 0 spiro atoms. The molecule has 2 saturated carbocycles. The van der Waals surface area contributed by atoms with Crippen LogP contribution in [0.5, 0.6) is 5.75 Å². The lowest BCUT2D eigenvalue weighted by atomic mass is 9.89. The number of halogens is 2. The molecule has 1 unspecified atom stereocenters.